The Balaban J connectivity index is 1.68. The summed E-state index contributed by atoms with van der Waals surface area (Å²) >= 11 is 0. The van der Waals surface area contributed by atoms with E-state index in [1.807, 2.05) is 6.08 Å². The highest BCUT2D eigenvalue weighted by atomic mass is 16.7. The zero-order valence-corrected chi connectivity index (χ0v) is 55.8. The number of allylic oxidation sites excluding steroid dienone is 21. The van der Waals surface area contributed by atoms with E-state index < -0.39 is 86.8 Å². The second-order valence-corrected chi connectivity index (χ2v) is 24.3. The maximum absolute atomic E-state index is 13.3. The molecule has 2 aliphatic rings. The topological polar surface area (TPSA) is 228 Å². The van der Waals surface area contributed by atoms with Crippen molar-refractivity contribution in [3.8, 4) is 0 Å². The number of hydrogen-bond acceptors (Lipinski definition) is 13. The van der Waals surface area contributed by atoms with Crippen molar-refractivity contribution in [1.82, 2.24) is 5.32 Å². The predicted molar refractivity (Wildman–Crippen MR) is 368 cm³/mol. The number of nitrogens with one attached hydrogen (secondary N) is 1. The average molecular weight is 1260 g/mol. The molecule has 0 saturated carbocycles. The number of amides is 1. The van der Waals surface area contributed by atoms with Gasteiger partial charge >= 0.3 is 0 Å². The highest BCUT2D eigenvalue weighted by molar-refractivity contribution is 5.76. The van der Waals surface area contributed by atoms with E-state index in [1.54, 1.807) is 6.08 Å². The first kappa shape index (κ1) is 82.2. The van der Waals surface area contributed by atoms with Crippen LogP contribution in [0.2, 0.25) is 0 Å². The molecule has 514 valence electrons. The number of aliphatic hydroxyl groups excluding tert-OH is 8. The summed E-state index contributed by atoms with van der Waals surface area (Å²) in [7, 11) is 0. The SMILES string of the molecule is CC/C=C\C/C=C\C/C=C\C/C=C\C/C=C\C/C=C\C/C=C\C/C=C\C/C=C\C/C=C\CCCCCCCCC(=O)NC(COC1OC(CO)C(OC2OC(CO)C(O)C(O)C2O)C(O)C1O)C(O)/C=C/CCCCCCCCCCCCCCCCCCC. The molecule has 2 aliphatic heterocycles. The molecule has 14 nitrogen and oxygen atoms in total. The van der Waals surface area contributed by atoms with Crippen molar-refractivity contribution in [2.45, 2.75) is 319 Å². The second-order valence-electron chi connectivity index (χ2n) is 24.3. The fraction of sp³-hybridized carbons (Fsp3) is 0.697. The van der Waals surface area contributed by atoms with E-state index in [4.69, 9.17) is 18.9 Å². The molecule has 90 heavy (non-hydrogen) atoms. The Morgan fingerprint density at radius 2 is 0.767 bits per heavy atom. The average Bonchev–Trinajstić information content (AvgIpc) is 1.58. The molecule has 0 aromatic heterocycles. The largest absolute Gasteiger partial charge is 0.394 e. The third kappa shape index (κ3) is 42.4. The lowest BCUT2D eigenvalue weighted by Crippen LogP contribution is -2.65. The van der Waals surface area contributed by atoms with Gasteiger partial charge in [0.1, 0.15) is 48.8 Å². The summed E-state index contributed by atoms with van der Waals surface area (Å²) in [4.78, 5) is 13.3. The summed E-state index contributed by atoms with van der Waals surface area (Å²) < 4.78 is 22.8. The maximum atomic E-state index is 13.3. The highest BCUT2D eigenvalue weighted by Gasteiger charge is 2.51. The van der Waals surface area contributed by atoms with E-state index in [-0.39, 0.29) is 18.9 Å². The van der Waals surface area contributed by atoms with Gasteiger partial charge in [0.05, 0.1) is 32.0 Å². The molecule has 14 heteroatoms. The number of unbranched alkanes of at least 4 members (excludes halogenated alkanes) is 23. The molecular weight excluding hydrogens is 1130 g/mol. The Labute approximate surface area is 545 Å². The standard InChI is InChI=1S/C76H127NO13/c1-3-5-7-9-11-13-15-17-19-21-23-24-25-26-27-28-29-30-31-32-33-34-35-36-37-38-39-40-42-44-46-48-50-52-54-56-58-60-68(81)77-64(65(80)59-57-55-53-51-49-47-45-43-41-22-20-18-16-14-12-10-8-6-4-2)63-87-75-73(86)71(84)74(67(62-79)89-75)90-76-72(85)70(83)69(82)66(61-78)88-76/h5,7,11,13,17,19,23-24,26-27,29-30,32-33,35-36,38-39,42,44,57,59,64-67,69-76,78-80,82-86H,3-4,6,8-10,12,14-16,18,20-22,25,28,31,34,37,40-41,43,45-56,58,60-63H2,1-2H3,(H,77,81)/b7-5-,13-11-,19-17-,24-23-,27-26-,30-29-,33-32-,36-35-,39-38-,44-42-,59-57+. The van der Waals surface area contributed by atoms with Gasteiger partial charge in [-0.3, -0.25) is 4.79 Å². The zero-order valence-electron chi connectivity index (χ0n) is 55.8. The van der Waals surface area contributed by atoms with E-state index >= 15 is 0 Å². The molecule has 0 aromatic carbocycles. The van der Waals surface area contributed by atoms with Gasteiger partial charge in [0.15, 0.2) is 12.6 Å². The van der Waals surface area contributed by atoms with E-state index in [1.165, 1.54) is 96.3 Å². The quantitative estimate of drug-likeness (QED) is 0.0204. The Hall–Kier alpha value is -3.87. The molecule has 1 amide bonds. The van der Waals surface area contributed by atoms with Crippen molar-refractivity contribution in [1.29, 1.82) is 0 Å². The van der Waals surface area contributed by atoms with Crippen molar-refractivity contribution < 1.29 is 64.6 Å². The molecule has 2 saturated heterocycles. The summed E-state index contributed by atoms with van der Waals surface area (Å²) in [6, 6.07) is -0.933. The van der Waals surface area contributed by atoms with E-state index in [0.717, 1.165) is 122 Å². The number of rotatable bonds is 56. The third-order valence-corrected chi connectivity index (χ3v) is 16.3. The van der Waals surface area contributed by atoms with Gasteiger partial charge < -0.3 is 65.1 Å². The van der Waals surface area contributed by atoms with Crippen LogP contribution >= 0.6 is 0 Å². The van der Waals surface area contributed by atoms with Gasteiger partial charge in [-0.2, -0.15) is 0 Å². The van der Waals surface area contributed by atoms with E-state index in [9.17, 15) is 45.6 Å². The lowest BCUT2D eigenvalue weighted by atomic mass is 9.97. The van der Waals surface area contributed by atoms with Crippen LogP contribution < -0.4 is 5.32 Å². The van der Waals surface area contributed by atoms with Gasteiger partial charge in [-0.05, 0) is 96.3 Å². The predicted octanol–water partition coefficient (Wildman–Crippen LogP) is 14.7. The number of aliphatic hydroxyl groups is 8. The highest BCUT2D eigenvalue weighted by Crippen LogP contribution is 2.30. The van der Waals surface area contributed by atoms with Crippen LogP contribution in [0.25, 0.3) is 0 Å². The van der Waals surface area contributed by atoms with Crippen molar-refractivity contribution in [2.24, 2.45) is 0 Å². The van der Waals surface area contributed by atoms with Gasteiger partial charge in [0.25, 0.3) is 0 Å². The van der Waals surface area contributed by atoms with Gasteiger partial charge in [-0.1, -0.05) is 276 Å². The molecule has 2 fully saturated rings. The van der Waals surface area contributed by atoms with Crippen LogP contribution in [0.5, 0.6) is 0 Å². The van der Waals surface area contributed by atoms with Crippen LogP contribution in [-0.2, 0) is 23.7 Å². The molecule has 2 rings (SSSR count). The molecule has 2 heterocycles. The zero-order chi connectivity index (χ0) is 65.2. The molecular formula is C76H127NO13. The first-order valence-corrected chi connectivity index (χ1v) is 35.4. The summed E-state index contributed by atoms with van der Waals surface area (Å²) in [5.41, 5.74) is 0. The third-order valence-electron chi connectivity index (χ3n) is 16.3. The second kappa shape index (κ2) is 58.9. The van der Waals surface area contributed by atoms with Crippen LogP contribution in [0.15, 0.2) is 134 Å². The number of carbonyl (C=O) groups is 1. The number of hydrogen-bond donors (Lipinski definition) is 9. The monoisotopic (exact) mass is 1260 g/mol. The van der Waals surface area contributed by atoms with Crippen LogP contribution in [-0.4, -0.2) is 140 Å². The minimum absolute atomic E-state index is 0.256. The summed E-state index contributed by atoms with van der Waals surface area (Å²) in [5, 5.41) is 87.4. The summed E-state index contributed by atoms with van der Waals surface area (Å²) in [6.07, 6.45) is 70.6. The van der Waals surface area contributed by atoms with Crippen molar-refractivity contribution >= 4 is 5.91 Å². The summed E-state index contributed by atoms with van der Waals surface area (Å²) in [5.74, 6) is -0.258. The fourth-order valence-electron chi connectivity index (χ4n) is 10.7. The maximum Gasteiger partial charge on any atom is 0.220 e. The van der Waals surface area contributed by atoms with Gasteiger partial charge in [-0.15, -0.1) is 0 Å². The van der Waals surface area contributed by atoms with Gasteiger partial charge in [0.2, 0.25) is 5.91 Å². The normalized spacial score (nSPS) is 23.8. The van der Waals surface area contributed by atoms with Crippen LogP contribution in [0.4, 0.5) is 0 Å². The van der Waals surface area contributed by atoms with Crippen LogP contribution in [0, 0.1) is 0 Å². The van der Waals surface area contributed by atoms with Crippen molar-refractivity contribution in [3.63, 3.8) is 0 Å². The number of ether oxygens (including phenoxy) is 4. The van der Waals surface area contributed by atoms with Gasteiger partial charge in [-0.25, -0.2) is 0 Å². The van der Waals surface area contributed by atoms with Crippen LogP contribution in [0.1, 0.15) is 245 Å². The Bertz CT molecular complexity index is 2020. The van der Waals surface area contributed by atoms with Crippen molar-refractivity contribution in [2.75, 3.05) is 19.8 Å². The molecule has 0 radical (unpaired) electrons. The Morgan fingerprint density at radius 1 is 0.411 bits per heavy atom. The minimum Gasteiger partial charge on any atom is -0.394 e. The molecule has 9 N–H and O–H groups in total. The van der Waals surface area contributed by atoms with E-state index in [0.29, 0.717) is 6.42 Å². The Kier molecular flexibility index (Phi) is 53.8. The number of carbonyl (C=O) groups excluding carboxylic acids is 1. The van der Waals surface area contributed by atoms with Crippen LogP contribution in [0.3, 0.4) is 0 Å². The minimum atomic E-state index is -1.80. The first-order valence-electron chi connectivity index (χ1n) is 35.4. The Morgan fingerprint density at radius 3 is 1.18 bits per heavy atom. The molecule has 12 atom stereocenters. The molecule has 0 spiro atoms. The molecule has 0 aromatic rings. The van der Waals surface area contributed by atoms with Gasteiger partial charge in [0, 0.05) is 6.42 Å². The van der Waals surface area contributed by atoms with E-state index in [2.05, 4.69) is 141 Å². The fourth-order valence-corrected chi connectivity index (χ4v) is 10.7. The summed E-state index contributed by atoms with van der Waals surface area (Å²) in [6.45, 7) is 2.68. The molecule has 0 aliphatic carbocycles. The smallest absolute Gasteiger partial charge is 0.220 e. The molecule has 12 unspecified atom stereocenters. The lowest BCUT2D eigenvalue weighted by molar-refractivity contribution is -0.359. The lowest BCUT2D eigenvalue weighted by Gasteiger charge is -2.46. The molecule has 0 bridgehead atoms. The van der Waals surface area contributed by atoms with Crippen molar-refractivity contribution in [3.05, 3.63) is 134 Å². The first-order chi connectivity index (χ1) is 44.1.